The van der Waals surface area contributed by atoms with Crippen LogP contribution in [0.2, 0.25) is 6.32 Å². The summed E-state index contributed by atoms with van der Waals surface area (Å²) >= 11 is 3.90. The molecule has 4 rings (SSSR count). The van der Waals surface area contributed by atoms with Gasteiger partial charge in [-0.05, 0) is 45.9 Å². The van der Waals surface area contributed by atoms with E-state index in [1.54, 1.807) is 11.1 Å². The Morgan fingerprint density at radius 1 is 0.870 bits per heavy atom. The number of hydrogen-bond donors (Lipinski definition) is 0. The summed E-state index contributed by atoms with van der Waals surface area (Å²) in [5.74, 6) is 0. The summed E-state index contributed by atoms with van der Waals surface area (Å²) in [4.78, 5) is 0. The van der Waals surface area contributed by atoms with Crippen molar-refractivity contribution in [3.63, 3.8) is 0 Å². The predicted octanol–water partition coefficient (Wildman–Crippen LogP) is 5.21. The van der Waals surface area contributed by atoms with E-state index in [2.05, 4.69) is 86.2 Å². The molecule has 2 aliphatic rings. The van der Waals surface area contributed by atoms with Crippen molar-refractivity contribution in [3.8, 4) is 11.1 Å². The van der Waals surface area contributed by atoms with Gasteiger partial charge in [0.2, 0.25) is 0 Å². The van der Waals surface area contributed by atoms with Crippen molar-refractivity contribution in [1.82, 2.24) is 0 Å². The lowest BCUT2D eigenvalue weighted by atomic mass is 9.50. The van der Waals surface area contributed by atoms with Crippen LogP contribution in [-0.4, -0.2) is 13.2 Å². The zero-order chi connectivity index (χ0) is 16.3. The maximum Gasteiger partial charge on any atom is 0.102 e. The molecule has 23 heavy (non-hydrogen) atoms. The summed E-state index contributed by atoms with van der Waals surface area (Å²) in [6.07, 6.45) is 3.80. The van der Waals surface area contributed by atoms with Gasteiger partial charge in [0.1, 0.15) is 7.85 Å². The number of fused-ring (bicyclic) bond motifs is 5. The molecular weight excluding hydrogens is 343 g/mol. The Balaban J connectivity index is 2.17. The molecule has 0 N–H and O–H groups in total. The minimum Gasteiger partial charge on any atom is -0.0922 e. The van der Waals surface area contributed by atoms with Crippen LogP contribution in [0.5, 0.6) is 0 Å². The predicted molar refractivity (Wildman–Crippen MR) is 105 cm³/mol. The molecule has 0 saturated heterocycles. The second kappa shape index (κ2) is 4.99. The van der Waals surface area contributed by atoms with Gasteiger partial charge in [0, 0.05) is 10.7 Å². The fourth-order valence-corrected chi connectivity index (χ4v) is 6.50. The van der Waals surface area contributed by atoms with E-state index >= 15 is 0 Å². The summed E-state index contributed by atoms with van der Waals surface area (Å²) in [6.45, 7) is 5.03. The first-order valence-electron chi connectivity index (χ1n) is 8.79. The molecule has 0 bridgehead atoms. The Morgan fingerprint density at radius 2 is 1.35 bits per heavy atom. The third-order valence-electron chi connectivity index (χ3n) is 7.07. The van der Waals surface area contributed by atoms with Gasteiger partial charge in [-0.15, -0.1) is 0 Å². The molecule has 2 heteroatoms. The minimum atomic E-state index is 0.117. The Kier molecular flexibility index (Phi) is 3.36. The molecule has 118 valence electrons. The van der Waals surface area contributed by atoms with Crippen LogP contribution in [0.15, 0.2) is 48.5 Å². The van der Waals surface area contributed by atoms with E-state index in [0.717, 1.165) is 5.33 Å². The molecule has 2 aromatic rings. The van der Waals surface area contributed by atoms with Gasteiger partial charge in [-0.1, -0.05) is 84.6 Å². The van der Waals surface area contributed by atoms with E-state index < -0.39 is 0 Å². The van der Waals surface area contributed by atoms with Crippen LogP contribution in [0.1, 0.15) is 37.8 Å². The topological polar surface area (TPSA) is 0 Å². The third kappa shape index (κ3) is 1.64. The minimum absolute atomic E-state index is 0.117. The van der Waals surface area contributed by atoms with Crippen LogP contribution in [0.4, 0.5) is 0 Å². The number of rotatable bonds is 2. The van der Waals surface area contributed by atoms with Gasteiger partial charge in [-0.2, -0.15) is 0 Å². The van der Waals surface area contributed by atoms with Crippen LogP contribution in [0, 0.1) is 10.8 Å². The average Bonchev–Trinajstić information content (AvgIpc) is 3.04. The van der Waals surface area contributed by atoms with E-state index in [1.165, 1.54) is 30.3 Å². The van der Waals surface area contributed by atoms with E-state index in [9.17, 15) is 0 Å². The Labute approximate surface area is 149 Å². The zero-order valence-electron chi connectivity index (χ0n) is 14.3. The number of halogens is 1. The molecule has 0 aromatic heterocycles. The fourth-order valence-electron chi connectivity index (χ4n) is 5.80. The monoisotopic (exact) mass is 366 g/mol. The Bertz CT molecular complexity index is 702. The smallest absolute Gasteiger partial charge is 0.0922 e. The van der Waals surface area contributed by atoms with Crippen LogP contribution in [0.25, 0.3) is 11.1 Å². The standard InChI is InChI=1S/C21H24BBr/c1-19(13-22)11-12-20(2,14-23)21(19)17-9-5-3-7-15(17)16-8-4-6-10-18(16)21/h3-10H,11-14,22H2,1-2H3. The van der Waals surface area contributed by atoms with Crippen molar-refractivity contribution in [2.24, 2.45) is 10.8 Å². The summed E-state index contributed by atoms with van der Waals surface area (Å²) < 4.78 is 0. The zero-order valence-corrected chi connectivity index (χ0v) is 15.9. The Hall–Kier alpha value is -1.02. The molecule has 2 atom stereocenters. The summed E-state index contributed by atoms with van der Waals surface area (Å²) in [5, 5.41) is 1.05. The molecule has 2 aliphatic carbocycles. The number of benzene rings is 2. The van der Waals surface area contributed by atoms with Crippen molar-refractivity contribution < 1.29 is 0 Å². The van der Waals surface area contributed by atoms with E-state index in [-0.39, 0.29) is 10.8 Å². The van der Waals surface area contributed by atoms with Crippen LogP contribution < -0.4 is 0 Å². The van der Waals surface area contributed by atoms with Crippen molar-refractivity contribution in [2.75, 3.05) is 5.33 Å². The van der Waals surface area contributed by atoms with Gasteiger partial charge in [-0.3, -0.25) is 0 Å². The quantitative estimate of drug-likeness (QED) is 0.505. The highest BCUT2D eigenvalue weighted by atomic mass is 79.9. The number of alkyl halides is 1. The molecular formula is C21H24BBr. The van der Waals surface area contributed by atoms with Gasteiger partial charge in [0.25, 0.3) is 0 Å². The first kappa shape index (κ1) is 15.5. The SMILES string of the molecule is BCC1(C)CCC(C)(CBr)C12c1ccccc1-c1ccccc12. The van der Waals surface area contributed by atoms with Crippen LogP contribution in [0.3, 0.4) is 0 Å². The van der Waals surface area contributed by atoms with E-state index in [0.29, 0.717) is 5.41 Å². The van der Waals surface area contributed by atoms with Gasteiger partial charge < -0.3 is 0 Å². The molecule has 0 heterocycles. The maximum absolute atomic E-state index is 3.90. The second-order valence-electron chi connectivity index (χ2n) is 7.95. The van der Waals surface area contributed by atoms with E-state index in [4.69, 9.17) is 0 Å². The van der Waals surface area contributed by atoms with Gasteiger partial charge in [-0.25, -0.2) is 0 Å². The molecule has 0 aliphatic heterocycles. The molecule has 1 spiro atoms. The van der Waals surface area contributed by atoms with Crippen molar-refractivity contribution in [2.45, 2.75) is 38.4 Å². The molecule has 0 radical (unpaired) electrons. The fraction of sp³-hybridized carbons (Fsp3) is 0.429. The van der Waals surface area contributed by atoms with Gasteiger partial charge in [0.15, 0.2) is 0 Å². The van der Waals surface area contributed by atoms with Gasteiger partial charge >= 0.3 is 0 Å². The maximum atomic E-state index is 3.90. The van der Waals surface area contributed by atoms with Crippen LogP contribution >= 0.6 is 15.9 Å². The highest BCUT2D eigenvalue weighted by Gasteiger charge is 2.66. The molecule has 2 aromatic carbocycles. The third-order valence-corrected chi connectivity index (χ3v) is 8.30. The highest BCUT2D eigenvalue weighted by Crippen LogP contribution is 2.72. The summed E-state index contributed by atoms with van der Waals surface area (Å²) in [7, 11) is 2.38. The lowest BCUT2D eigenvalue weighted by Crippen LogP contribution is -2.49. The van der Waals surface area contributed by atoms with Crippen molar-refractivity contribution >= 4 is 23.8 Å². The first-order valence-corrected chi connectivity index (χ1v) is 9.91. The molecule has 2 unspecified atom stereocenters. The average molecular weight is 367 g/mol. The lowest BCUT2D eigenvalue weighted by Gasteiger charge is -2.51. The van der Waals surface area contributed by atoms with Crippen molar-refractivity contribution in [1.29, 1.82) is 0 Å². The molecule has 0 nitrogen and oxygen atoms in total. The van der Waals surface area contributed by atoms with Crippen LogP contribution in [-0.2, 0) is 5.41 Å². The van der Waals surface area contributed by atoms with Crippen molar-refractivity contribution in [3.05, 3.63) is 59.7 Å². The number of hydrogen-bond acceptors (Lipinski definition) is 0. The highest BCUT2D eigenvalue weighted by molar-refractivity contribution is 9.09. The summed E-state index contributed by atoms with van der Waals surface area (Å²) in [5.41, 5.74) is 6.70. The summed E-state index contributed by atoms with van der Waals surface area (Å²) in [6, 6.07) is 18.3. The second-order valence-corrected chi connectivity index (χ2v) is 8.51. The van der Waals surface area contributed by atoms with E-state index in [1.807, 2.05) is 0 Å². The first-order chi connectivity index (χ1) is 11.0. The molecule has 1 saturated carbocycles. The Morgan fingerprint density at radius 3 is 1.83 bits per heavy atom. The van der Waals surface area contributed by atoms with Gasteiger partial charge in [0.05, 0.1) is 0 Å². The molecule has 0 amide bonds. The largest absolute Gasteiger partial charge is 0.102 e. The lowest BCUT2D eigenvalue weighted by molar-refractivity contribution is 0.155. The normalized spacial score (nSPS) is 30.4. The molecule has 1 fully saturated rings.